The molecule has 2 N–H and O–H groups in total. The topological polar surface area (TPSA) is 52.0 Å². The van der Waals surface area contributed by atoms with Gasteiger partial charge in [-0.15, -0.1) is 0 Å². The van der Waals surface area contributed by atoms with Crippen LogP contribution in [0.15, 0.2) is 39.3 Å². The van der Waals surface area contributed by atoms with Gasteiger partial charge in [-0.25, -0.2) is 0 Å². The molecule has 3 nitrogen and oxygen atoms in total. The average Bonchev–Trinajstić information content (AvgIpc) is 2.49. The van der Waals surface area contributed by atoms with Crippen LogP contribution in [0.25, 0.3) is 11.3 Å². The van der Waals surface area contributed by atoms with Gasteiger partial charge in [0.1, 0.15) is 10.2 Å². The van der Waals surface area contributed by atoms with Crippen LogP contribution in [0.2, 0.25) is 0 Å². The number of benzene rings is 1. The van der Waals surface area contributed by atoms with Gasteiger partial charge in [0.05, 0.1) is 0 Å². The van der Waals surface area contributed by atoms with Crippen LogP contribution < -0.4 is 5.73 Å². The van der Waals surface area contributed by atoms with E-state index >= 15 is 0 Å². The highest BCUT2D eigenvalue weighted by atomic mass is 79.9. The molecular formula is C9H7BrN2O. The van der Waals surface area contributed by atoms with Crippen molar-refractivity contribution in [3.63, 3.8) is 0 Å². The Bertz CT molecular complexity index is 411. The molecule has 0 radical (unpaired) electrons. The molecule has 4 heteroatoms. The largest absolute Gasteiger partial charge is 0.367 e. The highest BCUT2D eigenvalue weighted by molar-refractivity contribution is 9.10. The summed E-state index contributed by atoms with van der Waals surface area (Å²) >= 11 is 3.31. The Balaban J connectivity index is 2.53. The Morgan fingerprint density at radius 2 is 1.92 bits per heavy atom. The average molecular weight is 239 g/mol. The van der Waals surface area contributed by atoms with Crippen LogP contribution in [0.1, 0.15) is 0 Å². The molecule has 0 aliphatic carbocycles. The molecule has 0 amide bonds. The van der Waals surface area contributed by atoms with E-state index in [1.54, 1.807) is 0 Å². The Morgan fingerprint density at radius 1 is 1.23 bits per heavy atom. The molecule has 0 spiro atoms. The van der Waals surface area contributed by atoms with Crippen LogP contribution in [0, 0.1) is 0 Å². The number of rotatable bonds is 1. The lowest BCUT2D eigenvalue weighted by Crippen LogP contribution is -1.80. The second-order valence-electron chi connectivity index (χ2n) is 2.58. The van der Waals surface area contributed by atoms with Crippen LogP contribution in [-0.4, -0.2) is 5.16 Å². The molecule has 1 aromatic heterocycles. The van der Waals surface area contributed by atoms with Crippen LogP contribution >= 0.6 is 15.9 Å². The fourth-order valence-corrected chi connectivity index (χ4v) is 1.44. The minimum Gasteiger partial charge on any atom is -0.367 e. The van der Waals surface area contributed by atoms with Gasteiger partial charge in [-0.1, -0.05) is 35.5 Å². The van der Waals surface area contributed by atoms with E-state index in [2.05, 4.69) is 21.1 Å². The van der Waals surface area contributed by atoms with E-state index in [-0.39, 0.29) is 0 Å². The van der Waals surface area contributed by atoms with Crippen LogP contribution in [0.3, 0.4) is 0 Å². The van der Waals surface area contributed by atoms with Gasteiger partial charge in [-0.05, 0) is 15.9 Å². The molecule has 1 aromatic carbocycles. The third-order valence-electron chi connectivity index (χ3n) is 1.71. The molecule has 0 aliphatic rings. The number of halogens is 1. The fourth-order valence-electron chi connectivity index (χ4n) is 1.07. The molecule has 1 heterocycles. The second-order valence-corrected chi connectivity index (χ2v) is 3.37. The summed E-state index contributed by atoms with van der Waals surface area (Å²) in [5, 5.41) is 3.84. The van der Waals surface area contributed by atoms with Crippen molar-refractivity contribution < 1.29 is 4.52 Å². The standard InChI is InChI=1S/C9H7BrN2O/c10-7-8(12-13-9(7)11)6-4-2-1-3-5-6/h1-5H,11H2. The predicted octanol–water partition coefficient (Wildman–Crippen LogP) is 2.69. The third kappa shape index (κ3) is 1.45. The van der Waals surface area contributed by atoms with E-state index < -0.39 is 0 Å². The number of aromatic nitrogens is 1. The lowest BCUT2D eigenvalue weighted by Gasteiger charge is -1.93. The number of nitrogens with two attached hydrogens (primary N) is 1. The van der Waals surface area contributed by atoms with Crippen molar-refractivity contribution in [1.82, 2.24) is 5.16 Å². The maximum atomic E-state index is 5.50. The number of nitrogens with zero attached hydrogens (tertiary/aromatic N) is 1. The first-order chi connectivity index (χ1) is 6.29. The summed E-state index contributed by atoms with van der Waals surface area (Å²) < 4.78 is 5.54. The molecule has 0 atom stereocenters. The fraction of sp³-hybridized carbons (Fsp3) is 0. The lowest BCUT2D eigenvalue weighted by molar-refractivity contribution is 0.439. The Morgan fingerprint density at radius 3 is 2.46 bits per heavy atom. The molecule has 66 valence electrons. The molecule has 0 bridgehead atoms. The SMILES string of the molecule is Nc1onc(-c2ccccc2)c1Br. The van der Waals surface area contributed by atoms with Crippen LogP contribution in [0.4, 0.5) is 5.88 Å². The van der Waals surface area contributed by atoms with Crippen molar-refractivity contribution in [2.24, 2.45) is 0 Å². The number of nitrogen functional groups attached to an aromatic ring is 1. The van der Waals surface area contributed by atoms with Crippen molar-refractivity contribution in [3.8, 4) is 11.3 Å². The minimum absolute atomic E-state index is 0.304. The van der Waals surface area contributed by atoms with E-state index in [9.17, 15) is 0 Å². The zero-order valence-electron chi connectivity index (χ0n) is 6.70. The van der Waals surface area contributed by atoms with E-state index in [1.165, 1.54) is 0 Å². The smallest absolute Gasteiger partial charge is 0.237 e. The van der Waals surface area contributed by atoms with Crippen molar-refractivity contribution >= 4 is 21.8 Å². The summed E-state index contributed by atoms with van der Waals surface area (Å²) in [5.41, 5.74) is 7.22. The van der Waals surface area contributed by atoms with Crippen molar-refractivity contribution in [1.29, 1.82) is 0 Å². The molecule has 13 heavy (non-hydrogen) atoms. The van der Waals surface area contributed by atoms with Crippen molar-refractivity contribution in [2.45, 2.75) is 0 Å². The second kappa shape index (κ2) is 3.22. The van der Waals surface area contributed by atoms with E-state index in [0.717, 1.165) is 11.3 Å². The molecule has 0 saturated heterocycles. The Labute approximate surface area is 83.7 Å². The zero-order valence-corrected chi connectivity index (χ0v) is 8.28. The van der Waals surface area contributed by atoms with E-state index in [0.29, 0.717) is 10.4 Å². The quantitative estimate of drug-likeness (QED) is 0.832. The Kier molecular flexibility index (Phi) is 2.06. The lowest BCUT2D eigenvalue weighted by atomic mass is 10.2. The molecule has 0 unspecified atom stereocenters. The highest BCUT2D eigenvalue weighted by Crippen LogP contribution is 2.31. The monoisotopic (exact) mass is 238 g/mol. The first-order valence-corrected chi connectivity index (χ1v) is 4.54. The van der Waals surface area contributed by atoms with Gasteiger partial charge in [0.25, 0.3) is 0 Å². The summed E-state index contributed by atoms with van der Waals surface area (Å²) in [6, 6.07) is 9.71. The first-order valence-electron chi connectivity index (χ1n) is 3.75. The van der Waals surface area contributed by atoms with E-state index in [1.807, 2.05) is 30.3 Å². The molecule has 0 saturated carbocycles. The van der Waals surface area contributed by atoms with Gasteiger partial charge in [0.2, 0.25) is 5.88 Å². The van der Waals surface area contributed by atoms with Crippen LogP contribution in [0.5, 0.6) is 0 Å². The minimum atomic E-state index is 0.304. The van der Waals surface area contributed by atoms with Gasteiger partial charge < -0.3 is 10.3 Å². The highest BCUT2D eigenvalue weighted by Gasteiger charge is 2.11. The van der Waals surface area contributed by atoms with Gasteiger partial charge in [0, 0.05) is 5.56 Å². The van der Waals surface area contributed by atoms with E-state index in [4.69, 9.17) is 10.3 Å². The summed E-state index contributed by atoms with van der Waals surface area (Å²) in [4.78, 5) is 0. The van der Waals surface area contributed by atoms with Crippen molar-refractivity contribution in [3.05, 3.63) is 34.8 Å². The number of hydrogen-bond acceptors (Lipinski definition) is 3. The van der Waals surface area contributed by atoms with Crippen molar-refractivity contribution in [2.75, 3.05) is 5.73 Å². The number of hydrogen-bond donors (Lipinski definition) is 1. The van der Waals surface area contributed by atoms with Gasteiger partial charge in [0.15, 0.2) is 0 Å². The third-order valence-corrected chi connectivity index (χ3v) is 2.47. The van der Waals surface area contributed by atoms with Gasteiger partial charge in [-0.2, -0.15) is 0 Å². The predicted molar refractivity (Wildman–Crippen MR) is 54.1 cm³/mol. The molecule has 2 aromatic rings. The normalized spacial score (nSPS) is 10.2. The number of anilines is 1. The Hall–Kier alpha value is -1.29. The summed E-state index contributed by atoms with van der Waals surface area (Å²) in [5.74, 6) is 0.304. The molecule has 0 fully saturated rings. The summed E-state index contributed by atoms with van der Waals surface area (Å²) in [6.07, 6.45) is 0. The molecular weight excluding hydrogens is 232 g/mol. The van der Waals surface area contributed by atoms with Crippen LogP contribution in [-0.2, 0) is 0 Å². The maximum Gasteiger partial charge on any atom is 0.237 e. The van der Waals surface area contributed by atoms with Gasteiger partial charge >= 0.3 is 0 Å². The summed E-state index contributed by atoms with van der Waals surface area (Å²) in [7, 11) is 0. The summed E-state index contributed by atoms with van der Waals surface area (Å²) in [6.45, 7) is 0. The maximum absolute atomic E-state index is 5.50. The zero-order chi connectivity index (χ0) is 9.26. The molecule has 2 rings (SSSR count). The molecule has 0 aliphatic heterocycles. The first kappa shape index (κ1) is 8.31. The van der Waals surface area contributed by atoms with Gasteiger partial charge in [-0.3, -0.25) is 0 Å².